The quantitative estimate of drug-likeness (QED) is 0.693. The molecule has 10 heteroatoms. The molecule has 0 spiro atoms. The molecule has 7 nitrogen and oxygen atoms in total. The van der Waals surface area contributed by atoms with Crippen molar-refractivity contribution < 1.29 is 27.6 Å². The van der Waals surface area contributed by atoms with E-state index in [0.717, 1.165) is 35.6 Å². The molecule has 4 rings (SSSR count). The topological polar surface area (TPSA) is 82.6 Å². The summed E-state index contributed by atoms with van der Waals surface area (Å²) in [4.78, 5) is 44.2. The van der Waals surface area contributed by atoms with Crippen LogP contribution < -0.4 is 5.32 Å². The molecule has 0 aliphatic carbocycles. The number of urea groups is 1. The highest BCUT2D eigenvalue weighted by molar-refractivity contribution is 5.97. The minimum absolute atomic E-state index is 0.0358. The first-order chi connectivity index (χ1) is 16.2. The number of halogens is 3. The van der Waals surface area contributed by atoms with Crippen LogP contribution in [0.25, 0.3) is 0 Å². The number of hydrogen-bond acceptors (Lipinski definition) is 4. The summed E-state index contributed by atoms with van der Waals surface area (Å²) in [5, 5.41) is 2.60. The highest BCUT2D eigenvalue weighted by atomic mass is 19.4. The molecule has 2 aliphatic heterocycles. The van der Waals surface area contributed by atoms with Gasteiger partial charge < -0.3 is 10.2 Å². The minimum Gasteiger partial charge on any atom is -0.337 e. The van der Waals surface area contributed by atoms with Gasteiger partial charge in [0.2, 0.25) is 11.8 Å². The van der Waals surface area contributed by atoms with E-state index >= 15 is 0 Å². The van der Waals surface area contributed by atoms with Gasteiger partial charge in [-0.2, -0.15) is 13.2 Å². The molecular weight excluding hydrogens is 449 g/mol. The first-order valence-corrected chi connectivity index (χ1v) is 11.2. The van der Waals surface area contributed by atoms with Crippen molar-refractivity contribution in [3.05, 3.63) is 65.0 Å². The summed E-state index contributed by atoms with van der Waals surface area (Å²) in [6.45, 7) is 0.910. The summed E-state index contributed by atoms with van der Waals surface area (Å²) < 4.78 is 38.4. The Morgan fingerprint density at radius 3 is 2.59 bits per heavy atom. The van der Waals surface area contributed by atoms with Crippen LogP contribution in [0.5, 0.6) is 0 Å². The number of imide groups is 1. The molecule has 1 N–H and O–H groups in total. The molecule has 0 bridgehead atoms. The molecule has 0 radical (unpaired) electrons. The first kappa shape index (κ1) is 23.7. The molecule has 1 aromatic heterocycles. The Kier molecular flexibility index (Phi) is 6.85. The largest absolute Gasteiger partial charge is 0.416 e. The van der Waals surface area contributed by atoms with Crippen molar-refractivity contribution in [2.24, 2.45) is 0 Å². The van der Waals surface area contributed by atoms with Gasteiger partial charge in [0, 0.05) is 44.6 Å². The third-order valence-corrected chi connectivity index (χ3v) is 6.12. The van der Waals surface area contributed by atoms with Crippen molar-refractivity contribution in [1.82, 2.24) is 20.1 Å². The van der Waals surface area contributed by atoms with Gasteiger partial charge in [-0.3, -0.25) is 19.5 Å². The fraction of sp³-hybridized carbons (Fsp3) is 0.417. The zero-order valence-corrected chi connectivity index (χ0v) is 18.5. The minimum atomic E-state index is -4.37. The highest BCUT2D eigenvalue weighted by Gasteiger charge is 2.33. The number of rotatable bonds is 6. The van der Waals surface area contributed by atoms with Gasteiger partial charge in [-0.25, -0.2) is 4.79 Å². The maximum Gasteiger partial charge on any atom is 0.416 e. The monoisotopic (exact) mass is 474 g/mol. The van der Waals surface area contributed by atoms with E-state index in [-0.39, 0.29) is 37.2 Å². The number of pyridine rings is 1. The molecule has 180 valence electrons. The van der Waals surface area contributed by atoms with Crippen LogP contribution in [0.3, 0.4) is 0 Å². The summed E-state index contributed by atoms with van der Waals surface area (Å²) in [5.74, 6) is -0.434. The van der Waals surface area contributed by atoms with Crippen LogP contribution in [0, 0.1) is 0 Å². The summed E-state index contributed by atoms with van der Waals surface area (Å²) in [6.07, 6.45) is -2.18. The Labute approximate surface area is 194 Å². The summed E-state index contributed by atoms with van der Waals surface area (Å²) in [7, 11) is 0. The van der Waals surface area contributed by atoms with Gasteiger partial charge in [-0.1, -0.05) is 18.2 Å². The number of aromatic nitrogens is 1. The molecule has 4 amide bonds. The maximum atomic E-state index is 12.9. The van der Waals surface area contributed by atoms with E-state index in [0.29, 0.717) is 30.8 Å². The Morgan fingerprint density at radius 1 is 1.12 bits per heavy atom. The van der Waals surface area contributed by atoms with E-state index in [2.05, 4.69) is 10.3 Å². The van der Waals surface area contributed by atoms with Gasteiger partial charge in [0.1, 0.15) is 0 Å². The maximum absolute atomic E-state index is 12.9. The number of amides is 4. The number of hydrogen-bond donors (Lipinski definition) is 1. The van der Waals surface area contributed by atoms with Crippen molar-refractivity contribution in [3.8, 4) is 0 Å². The average molecular weight is 474 g/mol. The molecular formula is C24H25F3N4O3. The lowest BCUT2D eigenvalue weighted by atomic mass is 10.1. The average Bonchev–Trinajstić information content (AvgIpc) is 3.29. The number of benzene rings is 1. The van der Waals surface area contributed by atoms with Gasteiger partial charge in [-0.05, 0) is 42.7 Å². The molecule has 1 unspecified atom stereocenters. The molecule has 34 heavy (non-hydrogen) atoms. The Bertz CT molecular complexity index is 1060. The lowest BCUT2D eigenvalue weighted by Gasteiger charge is -2.28. The fourth-order valence-electron chi connectivity index (χ4n) is 4.37. The Balaban J connectivity index is 1.41. The van der Waals surface area contributed by atoms with E-state index in [1.54, 1.807) is 4.90 Å². The van der Waals surface area contributed by atoms with Crippen molar-refractivity contribution in [1.29, 1.82) is 0 Å². The Morgan fingerprint density at radius 2 is 1.88 bits per heavy atom. The van der Waals surface area contributed by atoms with E-state index in [1.165, 1.54) is 12.1 Å². The zero-order valence-electron chi connectivity index (χ0n) is 18.5. The van der Waals surface area contributed by atoms with Crippen molar-refractivity contribution in [2.45, 2.75) is 44.3 Å². The standard InChI is InChI=1S/C24H25F3N4O3/c25-24(26,27)17-8-6-16(7-9-17)15-18-3-1-4-19(29-18)20-5-2-13-30(20)22(33)11-14-31-21(32)10-12-28-23(31)34/h1,3-4,6-9,20H,2,5,10-15H2,(H,28,34). The van der Waals surface area contributed by atoms with Crippen LogP contribution in [0.1, 0.15) is 54.2 Å². The molecule has 1 atom stereocenters. The number of nitrogens with zero attached hydrogens (tertiary/aromatic N) is 3. The van der Waals surface area contributed by atoms with Gasteiger partial charge in [0.15, 0.2) is 0 Å². The normalized spacial score (nSPS) is 18.9. The zero-order chi connectivity index (χ0) is 24.3. The fourth-order valence-corrected chi connectivity index (χ4v) is 4.37. The van der Waals surface area contributed by atoms with E-state index < -0.39 is 17.8 Å². The van der Waals surface area contributed by atoms with Crippen molar-refractivity contribution in [3.63, 3.8) is 0 Å². The van der Waals surface area contributed by atoms with Crippen molar-refractivity contribution in [2.75, 3.05) is 19.6 Å². The van der Waals surface area contributed by atoms with Crippen LogP contribution in [-0.4, -0.2) is 52.3 Å². The second-order valence-corrected chi connectivity index (χ2v) is 8.45. The second kappa shape index (κ2) is 9.82. The molecule has 2 aromatic rings. The lowest BCUT2D eigenvalue weighted by Crippen LogP contribution is -2.50. The van der Waals surface area contributed by atoms with E-state index in [9.17, 15) is 27.6 Å². The highest BCUT2D eigenvalue weighted by Crippen LogP contribution is 2.32. The van der Waals surface area contributed by atoms with Crippen LogP contribution in [-0.2, 0) is 22.2 Å². The number of carbonyl (C=O) groups is 3. The van der Waals surface area contributed by atoms with Crippen LogP contribution in [0.15, 0.2) is 42.5 Å². The van der Waals surface area contributed by atoms with E-state index in [4.69, 9.17) is 0 Å². The molecule has 2 aliphatic rings. The number of nitrogens with one attached hydrogen (secondary N) is 1. The summed E-state index contributed by atoms with van der Waals surface area (Å²) >= 11 is 0. The molecule has 2 saturated heterocycles. The lowest BCUT2D eigenvalue weighted by molar-refractivity contribution is -0.137. The Hall–Kier alpha value is -3.43. The van der Waals surface area contributed by atoms with Crippen LogP contribution >= 0.6 is 0 Å². The number of alkyl halides is 3. The third-order valence-electron chi connectivity index (χ3n) is 6.12. The molecule has 3 heterocycles. The van der Waals surface area contributed by atoms with Crippen LogP contribution in [0.2, 0.25) is 0 Å². The first-order valence-electron chi connectivity index (χ1n) is 11.2. The SMILES string of the molecule is O=C1CCNC(=O)N1CCC(=O)N1CCCC1c1cccc(Cc2ccc(C(F)(F)F)cc2)n1. The molecule has 1 aromatic carbocycles. The van der Waals surface area contributed by atoms with Crippen LogP contribution in [0.4, 0.5) is 18.0 Å². The van der Waals surface area contributed by atoms with Gasteiger partial charge in [0.25, 0.3) is 0 Å². The summed E-state index contributed by atoms with van der Waals surface area (Å²) in [6, 6.07) is 9.80. The second-order valence-electron chi connectivity index (χ2n) is 8.45. The van der Waals surface area contributed by atoms with E-state index in [1.807, 2.05) is 18.2 Å². The summed E-state index contributed by atoms with van der Waals surface area (Å²) in [5.41, 5.74) is 1.44. The van der Waals surface area contributed by atoms with Crippen molar-refractivity contribution >= 4 is 17.8 Å². The third kappa shape index (κ3) is 5.37. The molecule has 0 saturated carbocycles. The predicted molar refractivity (Wildman–Crippen MR) is 117 cm³/mol. The molecule has 2 fully saturated rings. The smallest absolute Gasteiger partial charge is 0.337 e. The van der Waals surface area contributed by atoms with Gasteiger partial charge in [-0.15, -0.1) is 0 Å². The van der Waals surface area contributed by atoms with Gasteiger partial charge in [0.05, 0.1) is 17.3 Å². The number of likely N-dealkylation sites (tertiary alicyclic amines) is 1. The van der Waals surface area contributed by atoms with Gasteiger partial charge >= 0.3 is 12.2 Å². The predicted octanol–water partition coefficient (Wildman–Crippen LogP) is 3.69. The number of carbonyl (C=O) groups excluding carboxylic acids is 3.